The monoisotopic (exact) mass is 248 g/mol. The van der Waals surface area contributed by atoms with Gasteiger partial charge in [-0.2, -0.15) is 18.4 Å². The highest BCUT2D eigenvalue weighted by molar-refractivity contribution is 5.60. The summed E-state index contributed by atoms with van der Waals surface area (Å²) >= 11 is 0. The maximum Gasteiger partial charge on any atom is 0.416 e. The zero-order valence-corrected chi connectivity index (χ0v) is 9.07. The van der Waals surface area contributed by atoms with Gasteiger partial charge in [-0.25, -0.2) is 4.98 Å². The molecule has 0 aliphatic carbocycles. The second-order valence-electron chi connectivity index (χ2n) is 3.60. The van der Waals surface area contributed by atoms with Gasteiger partial charge in [0.05, 0.1) is 11.3 Å². The fourth-order valence-corrected chi connectivity index (χ4v) is 1.51. The summed E-state index contributed by atoms with van der Waals surface area (Å²) in [6.07, 6.45) is -4.39. The molecule has 0 saturated heterocycles. The van der Waals surface area contributed by atoms with Gasteiger partial charge in [0, 0.05) is 5.56 Å². The molecule has 1 aromatic heterocycles. The molecule has 2 nitrogen and oxygen atoms in total. The summed E-state index contributed by atoms with van der Waals surface area (Å²) in [5, 5.41) is 8.70. The van der Waals surface area contributed by atoms with Gasteiger partial charge in [-0.3, -0.25) is 0 Å². The minimum absolute atomic E-state index is 0.171. The number of pyridine rings is 1. The molecule has 90 valence electrons. The van der Waals surface area contributed by atoms with Crippen LogP contribution in [-0.4, -0.2) is 4.98 Å². The van der Waals surface area contributed by atoms with Crippen LogP contribution in [0.2, 0.25) is 0 Å². The van der Waals surface area contributed by atoms with Crippen molar-refractivity contribution in [1.82, 2.24) is 4.98 Å². The summed E-state index contributed by atoms with van der Waals surface area (Å²) in [7, 11) is 0. The Morgan fingerprint density at radius 2 is 1.78 bits per heavy atom. The number of hydrogen-bond acceptors (Lipinski definition) is 2. The predicted octanol–water partition coefficient (Wildman–Crippen LogP) is 3.64. The number of benzene rings is 1. The molecule has 0 amide bonds. The maximum absolute atomic E-state index is 12.6. The first-order chi connectivity index (χ1) is 8.50. The molecule has 0 fully saturated rings. The highest BCUT2D eigenvalue weighted by Gasteiger charge is 2.30. The third-order valence-electron chi connectivity index (χ3n) is 2.35. The van der Waals surface area contributed by atoms with Gasteiger partial charge in [0.1, 0.15) is 11.8 Å². The van der Waals surface area contributed by atoms with E-state index in [-0.39, 0.29) is 5.69 Å². The van der Waals surface area contributed by atoms with Crippen molar-refractivity contribution in [2.24, 2.45) is 0 Å². The van der Waals surface area contributed by atoms with Crippen LogP contribution in [-0.2, 0) is 6.18 Å². The molecule has 18 heavy (non-hydrogen) atoms. The Morgan fingerprint density at radius 1 is 1.06 bits per heavy atom. The molecule has 0 N–H and O–H groups in total. The molecule has 0 bridgehead atoms. The summed E-state index contributed by atoms with van der Waals surface area (Å²) in [5.41, 5.74) is 0.121. The summed E-state index contributed by atoms with van der Waals surface area (Å²) in [5.74, 6) is 0. The quantitative estimate of drug-likeness (QED) is 0.772. The van der Waals surface area contributed by atoms with Crippen molar-refractivity contribution in [2.45, 2.75) is 6.18 Å². The van der Waals surface area contributed by atoms with Crippen LogP contribution in [0.25, 0.3) is 11.3 Å². The van der Waals surface area contributed by atoms with Gasteiger partial charge in [-0.15, -0.1) is 0 Å². The van der Waals surface area contributed by atoms with Crippen molar-refractivity contribution in [1.29, 1.82) is 5.26 Å². The Bertz CT molecular complexity index is 612. The maximum atomic E-state index is 12.6. The van der Waals surface area contributed by atoms with E-state index in [2.05, 4.69) is 4.98 Å². The molecule has 1 heterocycles. The van der Waals surface area contributed by atoms with Crippen molar-refractivity contribution >= 4 is 0 Å². The molecule has 2 aromatic rings. The number of nitrogens with zero attached hydrogens (tertiary/aromatic N) is 2. The van der Waals surface area contributed by atoms with Crippen molar-refractivity contribution < 1.29 is 13.2 Å². The topological polar surface area (TPSA) is 36.7 Å². The van der Waals surface area contributed by atoms with Crippen molar-refractivity contribution in [2.75, 3.05) is 0 Å². The lowest BCUT2D eigenvalue weighted by molar-refractivity contribution is -0.137. The summed E-state index contributed by atoms with van der Waals surface area (Å²) in [6, 6.07) is 11.4. The van der Waals surface area contributed by atoms with E-state index in [4.69, 9.17) is 5.26 Å². The number of rotatable bonds is 1. The molecule has 0 saturated carbocycles. The van der Waals surface area contributed by atoms with Crippen molar-refractivity contribution in [3.63, 3.8) is 0 Å². The van der Waals surface area contributed by atoms with E-state index in [9.17, 15) is 13.2 Å². The molecule has 0 spiro atoms. The Kier molecular flexibility index (Phi) is 3.02. The fourth-order valence-electron chi connectivity index (χ4n) is 1.51. The largest absolute Gasteiger partial charge is 0.416 e. The summed E-state index contributed by atoms with van der Waals surface area (Å²) in [4.78, 5) is 3.96. The van der Waals surface area contributed by atoms with Crippen LogP contribution in [0.4, 0.5) is 13.2 Å². The van der Waals surface area contributed by atoms with Crippen LogP contribution >= 0.6 is 0 Å². The van der Waals surface area contributed by atoms with E-state index in [1.807, 2.05) is 6.07 Å². The van der Waals surface area contributed by atoms with Gasteiger partial charge in [-0.05, 0) is 24.3 Å². The van der Waals surface area contributed by atoms with Gasteiger partial charge >= 0.3 is 6.18 Å². The zero-order valence-electron chi connectivity index (χ0n) is 9.07. The Balaban J connectivity index is 2.48. The number of nitriles is 1. The van der Waals surface area contributed by atoms with Crippen molar-refractivity contribution in [3.05, 3.63) is 53.7 Å². The lowest BCUT2D eigenvalue weighted by atomic mass is 10.1. The van der Waals surface area contributed by atoms with Gasteiger partial charge in [-0.1, -0.05) is 18.2 Å². The number of halogens is 3. The zero-order chi connectivity index (χ0) is 13.2. The third-order valence-corrected chi connectivity index (χ3v) is 2.35. The first-order valence-corrected chi connectivity index (χ1v) is 5.05. The second-order valence-corrected chi connectivity index (χ2v) is 3.60. The first-order valence-electron chi connectivity index (χ1n) is 5.05. The van der Waals surface area contributed by atoms with Crippen LogP contribution < -0.4 is 0 Å². The Morgan fingerprint density at radius 3 is 2.44 bits per heavy atom. The highest BCUT2D eigenvalue weighted by Crippen LogP contribution is 2.31. The van der Waals surface area contributed by atoms with E-state index < -0.39 is 11.7 Å². The Labute approximate surface area is 101 Å². The van der Waals surface area contributed by atoms with E-state index in [1.54, 1.807) is 12.1 Å². The van der Waals surface area contributed by atoms with Crippen LogP contribution in [0.1, 0.15) is 11.3 Å². The fraction of sp³-hybridized carbons (Fsp3) is 0.0769. The second kappa shape index (κ2) is 4.49. The molecule has 0 unspecified atom stereocenters. The minimum Gasteiger partial charge on any atom is -0.237 e. The molecule has 0 atom stereocenters. The van der Waals surface area contributed by atoms with E-state index in [0.717, 1.165) is 12.1 Å². The molecular formula is C13H7F3N2. The average Bonchev–Trinajstić information content (AvgIpc) is 2.38. The van der Waals surface area contributed by atoms with E-state index in [1.165, 1.54) is 18.2 Å². The third kappa shape index (κ3) is 2.48. The molecule has 5 heteroatoms. The normalized spacial score (nSPS) is 11.0. The van der Waals surface area contributed by atoms with Gasteiger partial charge in [0.15, 0.2) is 0 Å². The lowest BCUT2D eigenvalue weighted by Crippen LogP contribution is -2.04. The van der Waals surface area contributed by atoms with E-state index >= 15 is 0 Å². The molecule has 0 aliphatic rings. The van der Waals surface area contributed by atoms with Gasteiger partial charge in [0.2, 0.25) is 0 Å². The Hall–Kier alpha value is -2.35. The standard InChI is InChI=1S/C13H7F3N2/c14-13(15,16)10-4-1-3-9(7-10)12-6-2-5-11(8-17)18-12/h1-7H. The lowest BCUT2D eigenvalue weighted by Gasteiger charge is -2.08. The molecule has 1 aromatic carbocycles. The molecule has 2 rings (SSSR count). The molecule has 0 aliphatic heterocycles. The smallest absolute Gasteiger partial charge is 0.237 e. The summed E-state index contributed by atoms with van der Waals surface area (Å²) in [6.45, 7) is 0. The minimum atomic E-state index is -4.39. The highest BCUT2D eigenvalue weighted by atomic mass is 19.4. The SMILES string of the molecule is N#Cc1cccc(-c2cccc(C(F)(F)F)c2)n1. The number of alkyl halides is 3. The average molecular weight is 248 g/mol. The van der Waals surface area contributed by atoms with Crippen LogP contribution in [0.5, 0.6) is 0 Å². The van der Waals surface area contributed by atoms with Crippen molar-refractivity contribution in [3.8, 4) is 17.3 Å². The summed E-state index contributed by atoms with van der Waals surface area (Å²) < 4.78 is 37.7. The van der Waals surface area contributed by atoms with Crippen LogP contribution in [0.3, 0.4) is 0 Å². The number of hydrogen-bond donors (Lipinski definition) is 0. The van der Waals surface area contributed by atoms with Gasteiger partial charge < -0.3 is 0 Å². The molecule has 0 radical (unpaired) electrons. The number of aromatic nitrogens is 1. The predicted molar refractivity (Wildman–Crippen MR) is 59.4 cm³/mol. The molecular weight excluding hydrogens is 241 g/mol. The first kappa shape index (κ1) is 12.1. The van der Waals surface area contributed by atoms with E-state index in [0.29, 0.717) is 11.3 Å². The van der Waals surface area contributed by atoms with Gasteiger partial charge in [0.25, 0.3) is 0 Å². The van der Waals surface area contributed by atoms with Crippen LogP contribution in [0.15, 0.2) is 42.5 Å². The van der Waals surface area contributed by atoms with Crippen LogP contribution in [0, 0.1) is 11.3 Å².